The molecule has 1 aromatic carbocycles. The van der Waals surface area contributed by atoms with Gasteiger partial charge in [0.2, 0.25) is 10.0 Å². The van der Waals surface area contributed by atoms with Crippen molar-refractivity contribution in [2.75, 3.05) is 13.1 Å². The molecule has 1 aromatic rings. The van der Waals surface area contributed by atoms with Crippen molar-refractivity contribution in [2.24, 2.45) is 0 Å². The zero-order valence-electron chi connectivity index (χ0n) is 13.9. The second-order valence-electron chi connectivity index (χ2n) is 5.98. The maximum Gasteiger partial charge on any atom is 0.243 e. The number of sulfonamides is 1. The van der Waals surface area contributed by atoms with Gasteiger partial charge in [0.15, 0.2) is 0 Å². The van der Waals surface area contributed by atoms with E-state index in [9.17, 15) is 8.42 Å². The van der Waals surface area contributed by atoms with Crippen LogP contribution in [0.25, 0.3) is 0 Å². The number of rotatable bonds is 8. The Kier molecular flexibility index (Phi) is 7.29. The SMILES string of the molecule is [CH2]CCC(CC=C)OC1CCN(S(=O)(=O)c2ccc(Cl)cc2)CC1. The third-order valence-corrected chi connectivity index (χ3v) is 6.36. The predicted octanol–water partition coefficient (Wildman–Crippen LogP) is 4.07. The fraction of sp³-hybridized carbons (Fsp3) is 0.500. The van der Waals surface area contributed by atoms with Crippen molar-refractivity contribution in [1.29, 1.82) is 0 Å². The first-order valence-electron chi connectivity index (χ1n) is 8.28. The summed E-state index contributed by atoms with van der Waals surface area (Å²) in [6.07, 6.45) is 6.02. The fourth-order valence-electron chi connectivity index (χ4n) is 2.89. The third-order valence-electron chi connectivity index (χ3n) is 4.19. The van der Waals surface area contributed by atoms with Crippen LogP contribution in [0.1, 0.15) is 32.1 Å². The number of ether oxygens (including phenoxy) is 1. The molecule has 1 heterocycles. The lowest BCUT2D eigenvalue weighted by Crippen LogP contribution is -2.41. The highest BCUT2D eigenvalue weighted by atomic mass is 35.5. The Labute approximate surface area is 150 Å². The van der Waals surface area contributed by atoms with Gasteiger partial charge in [-0.2, -0.15) is 4.31 Å². The van der Waals surface area contributed by atoms with Crippen LogP contribution in [-0.4, -0.2) is 38.0 Å². The van der Waals surface area contributed by atoms with Crippen LogP contribution in [0.15, 0.2) is 41.8 Å². The summed E-state index contributed by atoms with van der Waals surface area (Å²) in [6, 6.07) is 6.30. The Hall–Kier alpha value is -0.880. The van der Waals surface area contributed by atoms with E-state index in [0.29, 0.717) is 31.0 Å². The molecule has 0 amide bonds. The molecule has 1 radical (unpaired) electrons. The van der Waals surface area contributed by atoms with Gasteiger partial charge in [0.25, 0.3) is 0 Å². The monoisotopic (exact) mass is 370 g/mol. The van der Waals surface area contributed by atoms with Crippen LogP contribution in [0.3, 0.4) is 0 Å². The lowest BCUT2D eigenvalue weighted by atomic mass is 10.1. The molecule has 0 spiro atoms. The molecule has 0 bridgehead atoms. The Balaban J connectivity index is 1.94. The number of hydrogen-bond acceptors (Lipinski definition) is 3. The number of benzene rings is 1. The largest absolute Gasteiger partial charge is 0.375 e. The molecule has 0 N–H and O–H groups in total. The van der Waals surface area contributed by atoms with Gasteiger partial charge in [-0.15, -0.1) is 6.58 Å². The molecular weight excluding hydrogens is 346 g/mol. The van der Waals surface area contributed by atoms with Gasteiger partial charge >= 0.3 is 0 Å². The molecule has 1 fully saturated rings. The zero-order chi connectivity index (χ0) is 17.6. The van der Waals surface area contributed by atoms with Gasteiger partial charge in [-0.05, 0) is 49.9 Å². The lowest BCUT2D eigenvalue weighted by Gasteiger charge is -2.33. The summed E-state index contributed by atoms with van der Waals surface area (Å²) in [5.74, 6) is 0. The van der Waals surface area contributed by atoms with E-state index in [1.54, 1.807) is 24.3 Å². The van der Waals surface area contributed by atoms with E-state index in [1.165, 1.54) is 4.31 Å². The van der Waals surface area contributed by atoms with Gasteiger partial charge in [0.05, 0.1) is 17.1 Å². The minimum absolute atomic E-state index is 0.0955. The van der Waals surface area contributed by atoms with Gasteiger partial charge in [0, 0.05) is 18.1 Å². The first-order chi connectivity index (χ1) is 11.5. The molecule has 1 aliphatic rings. The summed E-state index contributed by atoms with van der Waals surface area (Å²) in [5, 5.41) is 0.528. The van der Waals surface area contributed by atoms with Crippen LogP contribution in [0.5, 0.6) is 0 Å². The van der Waals surface area contributed by atoms with Crippen molar-refractivity contribution < 1.29 is 13.2 Å². The van der Waals surface area contributed by atoms with Crippen LogP contribution in [0, 0.1) is 6.92 Å². The summed E-state index contributed by atoms with van der Waals surface area (Å²) in [4.78, 5) is 0.285. The lowest BCUT2D eigenvalue weighted by molar-refractivity contribution is -0.0354. The van der Waals surface area contributed by atoms with E-state index in [2.05, 4.69) is 13.5 Å². The maximum absolute atomic E-state index is 12.7. The van der Waals surface area contributed by atoms with E-state index in [0.717, 1.165) is 19.3 Å². The van der Waals surface area contributed by atoms with Crippen molar-refractivity contribution in [3.8, 4) is 0 Å². The second kappa shape index (κ2) is 8.99. The first-order valence-corrected chi connectivity index (χ1v) is 10.1. The molecule has 1 atom stereocenters. The second-order valence-corrected chi connectivity index (χ2v) is 8.36. The van der Waals surface area contributed by atoms with Crippen LogP contribution in [0.2, 0.25) is 5.02 Å². The molecule has 4 nitrogen and oxygen atoms in total. The van der Waals surface area contributed by atoms with E-state index in [1.807, 2.05) is 6.08 Å². The van der Waals surface area contributed by atoms with Crippen molar-refractivity contribution in [3.63, 3.8) is 0 Å². The molecule has 1 aliphatic heterocycles. The van der Waals surface area contributed by atoms with E-state index in [-0.39, 0.29) is 17.1 Å². The van der Waals surface area contributed by atoms with E-state index < -0.39 is 10.0 Å². The van der Waals surface area contributed by atoms with Gasteiger partial charge in [-0.25, -0.2) is 8.42 Å². The fourth-order valence-corrected chi connectivity index (χ4v) is 4.49. The average molecular weight is 371 g/mol. The Bertz CT molecular complexity index is 622. The molecule has 1 unspecified atom stereocenters. The van der Waals surface area contributed by atoms with Gasteiger partial charge in [-0.1, -0.05) is 31.0 Å². The number of piperidine rings is 1. The predicted molar refractivity (Wildman–Crippen MR) is 97.5 cm³/mol. The molecule has 0 aliphatic carbocycles. The molecule has 1 saturated heterocycles. The summed E-state index contributed by atoms with van der Waals surface area (Å²) in [7, 11) is -3.46. The Morgan fingerprint density at radius 2 is 1.92 bits per heavy atom. The van der Waals surface area contributed by atoms with Crippen LogP contribution in [0.4, 0.5) is 0 Å². The zero-order valence-corrected chi connectivity index (χ0v) is 15.4. The minimum atomic E-state index is -3.46. The van der Waals surface area contributed by atoms with Gasteiger partial charge < -0.3 is 4.74 Å². The average Bonchev–Trinajstić information content (AvgIpc) is 2.56. The first kappa shape index (κ1) is 19.4. The standard InChI is InChI=1S/C18H25ClNO3S/c1-3-5-16(6-4-2)23-17-11-13-20(14-12-17)24(21,22)18-9-7-15(19)8-10-18/h3,7-10,16-17H,1-2,4-6,11-14H2. The van der Waals surface area contributed by atoms with Crippen molar-refractivity contribution in [3.05, 3.63) is 48.9 Å². The highest BCUT2D eigenvalue weighted by molar-refractivity contribution is 7.89. The maximum atomic E-state index is 12.7. The van der Waals surface area contributed by atoms with Crippen molar-refractivity contribution >= 4 is 21.6 Å². The summed E-state index contributed by atoms with van der Waals surface area (Å²) < 4.78 is 32.9. The van der Waals surface area contributed by atoms with E-state index in [4.69, 9.17) is 16.3 Å². The van der Waals surface area contributed by atoms with Crippen molar-refractivity contribution in [2.45, 2.75) is 49.2 Å². The highest BCUT2D eigenvalue weighted by Gasteiger charge is 2.30. The van der Waals surface area contributed by atoms with Crippen LogP contribution >= 0.6 is 11.6 Å². The minimum Gasteiger partial charge on any atom is -0.375 e. The van der Waals surface area contributed by atoms with E-state index >= 15 is 0 Å². The molecule has 0 aromatic heterocycles. The number of hydrogen-bond donors (Lipinski definition) is 0. The quantitative estimate of drug-likeness (QED) is 0.648. The Morgan fingerprint density at radius 1 is 1.29 bits per heavy atom. The molecular formula is C18H25ClNO3S. The summed E-state index contributed by atoms with van der Waals surface area (Å²) in [5.41, 5.74) is 0. The van der Waals surface area contributed by atoms with Gasteiger partial charge in [0.1, 0.15) is 0 Å². The summed E-state index contributed by atoms with van der Waals surface area (Å²) >= 11 is 5.83. The topological polar surface area (TPSA) is 46.6 Å². The molecule has 0 saturated carbocycles. The molecule has 133 valence electrons. The van der Waals surface area contributed by atoms with Crippen molar-refractivity contribution in [1.82, 2.24) is 4.31 Å². The number of halogens is 1. The Morgan fingerprint density at radius 3 is 2.46 bits per heavy atom. The van der Waals surface area contributed by atoms with Crippen LogP contribution < -0.4 is 0 Å². The normalized spacial score (nSPS) is 18.4. The molecule has 6 heteroatoms. The molecule has 2 rings (SSSR count). The van der Waals surface area contributed by atoms with Gasteiger partial charge in [-0.3, -0.25) is 0 Å². The van der Waals surface area contributed by atoms with Crippen LogP contribution in [-0.2, 0) is 14.8 Å². The molecule has 24 heavy (non-hydrogen) atoms. The number of nitrogens with zero attached hydrogens (tertiary/aromatic N) is 1. The smallest absolute Gasteiger partial charge is 0.243 e. The summed E-state index contributed by atoms with van der Waals surface area (Å²) in [6.45, 7) is 8.58. The third kappa shape index (κ3) is 5.06. The highest BCUT2D eigenvalue weighted by Crippen LogP contribution is 2.24.